The zero-order valence-corrected chi connectivity index (χ0v) is 11.7. The van der Waals surface area contributed by atoms with Gasteiger partial charge in [-0.3, -0.25) is 4.79 Å². The highest BCUT2D eigenvalue weighted by atomic mass is 16.5. The van der Waals surface area contributed by atoms with Crippen LogP contribution in [0.25, 0.3) is 0 Å². The van der Waals surface area contributed by atoms with Gasteiger partial charge in [-0.2, -0.15) is 0 Å². The lowest BCUT2D eigenvalue weighted by Gasteiger charge is -2.07. The lowest BCUT2D eigenvalue weighted by Crippen LogP contribution is -2.29. The molecule has 3 N–H and O–H groups in total. The van der Waals surface area contributed by atoms with E-state index in [0.29, 0.717) is 26.2 Å². The van der Waals surface area contributed by atoms with E-state index < -0.39 is 0 Å². The highest BCUT2D eigenvalue weighted by Gasteiger charge is 2.02. The maximum absolute atomic E-state index is 11.3. The van der Waals surface area contributed by atoms with Gasteiger partial charge in [0.15, 0.2) is 0 Å². The topological polar surface area (TPSA) is 90.7 Å². The first kappa shape index (κ1) is 18.0. The Kier molecular flexibility index (Phi) is 12.8. The molecular formula is C13H26N2O4. The Bertz CT molecular complexity index is 237. The molecule has 0 aromatic heterocycles. The minimum Gasteiger partial charge on any atom is -0.379 e. The molecule has 6 heteroatoms. The number of carbonyl (C=O) groups excluding carboxylic acids is 2. The van der Waals surface area contributed by atoms with Gasteiger partial charge in [0.1, 0.15) is 12.9 Å². The van der Waals surface area contributed by atoms with Gasteiger partial charge in [-0.1, -0.05) is 6.92 Å². The largest absolute Gasteiger partial charge is 0.379 e. The number of hydrogen-bond donors (Lipinski definition) is 2. The molecule has 0 fully saturated rings. The van der Waals surface area contributed by atoms with Crippen molar-refractivity contribution >= 4 is 12.2 Å². The first-order chi connectivity index (χ1) is 9.20. The van der Waals surface area contributed by atoms with E-state index in [0.717, 1.165) is 32.2 Å². The molecule has 0 radical (unpaired) electrons. The van der Waals surface area contributed by atoms with Gasteiger partial charge >= 0.3 is 0 Å². The smallest absolute Gasteiger partial charge is 0.245 e. The fraction of sp³-hybridized carbons (Fsp3) is 0.846. The number of nitrogens with two attached hydrogens (primary N) is 1. The Balaban J connectivity index is 3.23. The van der Waals surface area contributed by atoms with E-state index in [1.165, 1.54) is 0 Å². The molecule has 0 heterocycles. The maximum Gasteiger partial charge on any atom is 0.245 e. The highest BCUT2D eigenvalue weighted by Crippen LogP contribution is 1.95. The van der Waals surface area contributed by atoms with Gasteiger partial charge in [-0.15, -0.1) is 0 Å². The Morgan fingerprint density at radius 1 is 1.26 bits per heavy atom. The lowest BCUT2D eigenvalue weighted by atomic mass is 10.1. The summed E-state index contributed by atoms with van der Waals surface area (Å²) in [5.74, 6) is -0.129. The molecule has 0 saturated heterocycles. The van der Waals surface area contributed by atoms with Crippen LogP contribution in [0.1, 0.15) is 32.6 Å². The van der Waals surface area contributed by atoms with Crippen LogP contribution in [0.3, 0.4) is 0 Å². The normalized spacial score (nSPS) is 12.1. The molecule has 112 valence electrons. The number of nitrogens with one attached hydrogen (secondary N) is 1. The van der Waals surface area contributed by atoms with Crippen LogP contribution in [0.4, 0.5) is 0 Å². The van der Waals surface area contributed by atoms with Crippen molar-refractivity contribution in [1.82, 2.24) is 5.32 Å². The SMILES string of the molecule is CCCOCCOCC(=O)NCCCC[C@H](N)C=O. The van der Waals surface area contributed by atoms with Gasteiger partial charge < -0.3 is 25.3 Å². The quantitative estimate of drug-likeness (QED) is 0.371. The number of rotatable bonds is 13. The van der Waals surface area contributed by atoms with Crippen LogP contribution < -0.4 is 11.1 Å². The summed E-state index contributed by atoms with van der Waals surface area (Å²) in [6.45, 7) is 4.35. The first-order valence-corrected chi connectivity index (χ1v) is 6.83. The molecule has 0 aliphatic carbocycles. The van der Waals surface area contributed by atoms with E-state index in [1.807, 2.05) is 6.92 Å². The molecule has 0 aromatic rings. The summed E-state index contributed by atoms with van der Waals surface area (Å²) in [4.78, 5) is 21.6. The molecule has 0 aromatic carbocycles. The van der Waals surface area contributed by atoms with Crippen LogP contribution >= 0.6 is 0 Å². The van der Waals surface area contributed by atoms with E-state index in [4.69, 9.17) is 15.2 Å². The third kappa shape index (κ3) is 13.3. The van der Waals surface area contributed by atoms with E-state index >= 15 is 0 Å². The van der Waals surface area contributed by atoms with E-state index in [1.54, 1.807) is 0 Å². The number of amides is 1. The van der Waals surface area contributed by atoms with Crippen molar-refractivity contribution in [1.29, 1.82) is 0 Å². The predicted octanol–water partition coefficient (Wildman–Crippen LogP) is 0.242. The Hall–Kier alpha value is -0.980. The van der Waals surface area contributed by atoms with Gasteiger partial charge in [-0.25, -0.2) is 0 Å². The number of unbranched alkanes of at least 4 members (excludes halogenated alkanes) is 1. The fourth-order valence-electron chi connectivity index (χ4n) is 1.38. The van der Waals surface area contributed by atoms with E-state index in [2.05, 4.69) is 5.32 Å². The predicted molar refractivity (Wildman–Crippen MR) is 72.8 cm³/mol. The minimum absolute atomic E-state index is 0.0589. The molecule has 0 spiro atoms. The van der Waals surface area contributed by atoms with Gasteiger partial charge in [-0.05, 0) is 25.7 Å². The molecule has 0 aliphatic rings. The number of ether oxygens (including phenoxy) is 2. The number of aldehydes is 1. The van der Waals surface area contributed by atoms with Crippen LogP contribution in [0.15, 0.2) is 0 Å². The van der Waals surface area contributed by atoms with Crippen molar-refractivity contribution in [2.24, 2.45) is 5.73 Å². The van der Waals surface area contributed by atoms with Crippen molar-refractivity contribution in [3.8, 4) is 0 Å². The third-order valence-corrected chi connectivity index (χ3v) is 2.41. The minimum atomic E-state index is -0.387. The second kappa shape index (κ2) is 13.5. The van der Waals surface area contributed by atoms with Gasteiger partial charge in [0.2, 0.25) is 5.91 Å². The summed E-state index contributed by atoms with van der Waals surface area (Å²) in [5.41, 5.74) is 5.44. The van der Waals surface area contributed by atoms with E-state index in [-0.39, 0.29) is 18.6 Å². The summed E-state index contributed by atoms with van der Waals surface area (Å²) in [5, 5.41) is 2.74. The highest BCUT2D eigenvalue weighted by molar-refractivity contribution is 5.77. The third-order valence-electron chi connectivity index (χ3n) is 2.41. The molecule has 6 nitrogen and oxygen atoms in total. The Morgan fingerprint density at radius 2 is 2.00 bits per heavy atom. The maximum atomic E-state index is 11.3. The summed E-state index contributed by atoms with van der Waals surface area (Å²) in [7, 11) is 0. The van der Waals surface area contributed by atoms with Crippen molar-refractivity contribution < 1.29 is 19.1 Å². The standard InChI is InChI=1S/C13H26N2O4/c1-2-7-18-8-9-19-11-13(17)15-6-4-3-5-12(14)10-16/h10,12H,2-9,11,14H2,1H3,(H,15,17)/t12-/m0/s1. The van der Waals surface area contributed by atoms with Crippen LogP contribution in [0, 0.1) is 0 Å². The summed E-state index contributed by atoms with van der Waals surface area (Å²) in [6.07, 6.45) is 4.02. The fourth-order valence-corrected chi connectivity index (χ4v) is 1.38. The van der Waals surface area contributed by atoms with Crippen LogP contribution in [0.2, 0.25) is 0 Å². The molecular weight excluding hydrogens is 248 g/mol. The van der Waals surface area contributed by atoms with Crippen LogP contribution in [-0.4, -0.2) is 51.2 Å². The average Bonchev–Trinajstić information content (AvgIpc) is 2.42. The van der Waals surface area contributed by atoms with Crippen molar-refractivity contribution in [3.05, 3.63) is 0 Å². The second-order valence-electron chi connectivity index (χ2n) is 4.31. The molecule has 0 bridgehead atoms. The average molecular weight is 274 g/mol. The number of carbonyl (C=O) groups is 2. The monoisotopic (exact) mass is 274 g/mol. The summed E-state index contributed by atoms with van der Waals surface area (Å²) in [6, 6.07) is -0.387. The Morgan fingerprint density at radius 3 is 2.68 bits per heavy atom. The molecule has 0 saturated carbocycles. The van der Waals surface area contributed by atoms with Gasteiger partial charge in [0.25, 0.3) is 0 Å². The first-order valence-electron chi connectivity index (χ1n) is 6.83. The van der Waals surface area contributed by atoms with Gasteiger partial charge in [0.05, 0.1) is 19.3 Å². The molecule has 0 rings (SSSR count). The van der Waals surface area contributed by atoms with Crippen molar-refractivity contribution in [2.45, 2.75) is 38.6 Å². The van der Waals surface area contributed by atoms with Crippen LogP contribution in [0.5, 0.6) is 0 Å². The zero-order chi connectivity index (χ0) is 14.3. The van der Waals surface area contributed by atoms with Crippen molar-refractivity contribution in [3.63, 3.8) is 0 Å². The van der Waals surface area contributed by atoms with Crippen LogP contribution in [-0.2, 0) is 19.1 Å². The lowest BCUT2D eigenvalue weighted by molar-refractivity contribution is -0.126. The van der Waals surface area contributed by atoms with Crippen molar-refractivity contribution in [2.75, 3.05) is 33.0 Å². The van der Waals surface area contributed by atoms with E-state index in [9.17, 15) is 9.59 Å². The molecule has 0 unspecified atom stereocenters. The molecule has 1 amide bonds. The second-order valence-corrected chi connectivity index (χ2v) is 4.31. The summed E-state index contributed by atoms with van der Waals surface area (Å²) < 4.78 is 10.4. The zero-order valence-electron chi connectivity index (χ0n) is 11.7. The number of hydrogen-bond acceptors (Lipinski definition) is 5. The summed E-state index contributed by atoms with van der Waals surface area (Å²) >= 11 is 0. The van der Waals surface area contributed by atoms with Gasteiger partial charge in [0, 0.05) is 13.2 Å². The molecule has 0 aliphatic heterocycles. The Labute approximate surface area is 115 Å². The molecule has 1 atom stereocenters. The molecule has 19 heavy (non-hydrogen) atoms.